The monoisotopic (exact) mass is 846 g/mol. The largest absolute Gasteiger partial charge is 0.466 e. The van der Waals surface area contributed by atoms with E-state index in [0.29, 0.717) is 19.4 Å². The van der Waals surface area contributed by atoms with Gasteiger partial charge in [0.05, 0.1) is 25.4 Å². The average molecular weight is 846 g/mol. The van der Waals surface area contributed by atoms with Crippen LogP contribution in [-0.2, 0) is 14.3 Å². The standard InChI is InChI=1S/C54H103NO5/c1-3-5-7-9-11-13-15-17-18-19-23-26-30-34-38-42-46-52(57)51(50-56)55-53(58)47-43-39-35-31-27-24-20-21-25-29-33-37-41-45-49-60-54(59)48-44-40-36-32-28-22-16-14-12-10-8-6-4-2/h14,16,42,46,51-52,56-57H,3-13,15,17-41,43-45,47-50H2,1-2H3,(H,55,58)/b16-14-,46-42+. The molecule has 354 valence electrons. The Labute approximate surface area is 373 Å². The number of allylic oxidation sites excluding steroid dienone is 3. The van der Waals surface area contributed by atoms with Gasteiger partial charge < -0.3 is 20.3 Å². The molecule has 1 amide bonds. The zero-order valence-corrected chi connectivity index (χ0v) is 40.2. The number of ether oxygens (including phenoxy) is 1. The number of carbonyl (C=O) groups excluding carboxylic acids is 2. The maximum absolute atomic E-state index is 12.4. The predicted octanol–water partition coefficient (Wildman–Crippen LogP) is 15.9. The van der Waals surface area contributed by atoms with E-state index in [-0.39, 0.29) is 18.5 Å². The van der Waals surface area contributed by atoms with Crippen molar-refractivity contribution in [1.82, 2.24) is 5.32 Å². The molecule has 60 heavy (non-hydrogen) atoms. The van der Waals surface area contributed by atoms with Crippen molar-refractivity contribution in [3.05, 3.63) is 24.3 Å². The molecule has 0 spiro atoms. The van der Waals surface area contributed by atoms with E-state index in [1.54, 1.807) is 6.08 Å². The highest BCUT2D eigenvalue weighted by Gasteiger charge is 2.18. The lowest BCUT2D eigenvalue weighted by molar-refractivity contribution is -0.143. The number of rotatable bonds is 49. The molecule has 2 unspecified atom stereocenters. The van der Waals surface area contributed by atoms with Crippen LogP contribution in [0, 0.1) is 0 Å². The molecule has 0 aromatic rings. The van der Waals surface area contributed by atoms with Crippen LogP contribution in [0.1, 0.15) is 284 Å². The summed E-state index contributed by atoms with van der Waals surface area (Å²) in [6, 6.07) is -0.635. The van der Waals surface area contributed by atoms with Gasteiger partial charge in [-0.15, -0.1) is 0 Å². The first-order chi connectivity index (χ1) is 29.5. The number of nitrogens with one attached hydrogen (secondary N) is 1. The van der Waals surface area contributed by atoms with Gasteiger partial charge in [-0.1, -0.05) is 237 Å². The Morgan fingerprint density at radius 1 is 0.450 bits per heavy atom. The fourth-order valence-electron chi connectivity index (χ4n) is 8.10. The normalized spacial score (nSPS) is 12.8. The summed E-state index contributed by atoms with van der Waals surface area (Å²) in [5.41, 5.74) is 0. The lowest BCUT2D eigenvalue weighted by atomic mass is 10.0. The molecule has 6 nitrogen and oxygen atoms in total. The second-order valence-electron chi connectivity index (χ2n) is 18.2. The van der Waals surface area contributed by atoms with Gasteiger partial charge in [0.1, 0.15) is 0 Å². The van der Waals surface area contributed by atoms with E-state index in [2.05, 4.69) is 31.3 Å². The highest BCUT2D eigenvalue weighted by atomic mass is 16.5. The van der Waals surface area contributed by atoms with Crippen molar-refractivity contribution >= 4 is 11.9 Å². The Hall–Kier alpha value is -1.66. The van der Waals surface area contributed by atoms with Gasteiger partial charge in [-0.25, -0.2) is 0 Å². The molecule has 0 aromatic carbocycles. The van der Waals surface area contributed by atoms with Crippen molar-refractivity contribution in [2.45, 2.75) is 296 Å². The molecule has 0 rings (SSSR count). The fraction of sp³-hybridized carbons (Fsp3) is 0.889. The smallest absolute Gasteiger partial charge is 0.305 e. The minimum absolute atomic E-state index is 0.0128. The van der Waals surface area contributed by atoms with Gasteiger partial charge in [-0.05, 0) is 57.8 Å². The van der Waals surface area contributed by atoms with Gasteiger partial charge >= 0.3 is 5.97 Å². The highest BCUT2D eigenvalue weighted by molar-refractivity contribution is 5.76. The van der Waals surface area contributed by atoms with Gasteiger partial charge in [0.15, 0.2) is 0 Å². The number of esters is 1. The van der Waals surface area contributed by atoms with E-state index in [9.17, 15) is 19.8 Å². The van der Waals surface area contributed by atoms with Crippen molar-refractivity contribution < 1.29 is 24.5 Å². The lowest BCUT2D eigenvalue weighted by Crippen LogP contribution is -2.45. The van der Waals surface area contributed by atoms with Crippen LogP contribution in [0.15, 0.2) is 24.3 Å². The fourth-order valence-corrected chi connectivity index (χ4v) is 8.10. The topological polar surface area (TPSA) is 95.9 Å². The third-order valence-electron chi connectivity index (χ3n) is 12.2. The van der Waals surface area contributed by atoms with Crippen molar-refractivity contribution in [2.75, 3.05) is 13.2 Å². The summed E-state index contributed by atoms with van der Waals surface area (Å²) in [5.74, 6) is -0.0907. The molecule has 0 aliphatic carbocycles. The number of unbranched alkanes of at least 4 members (excludes halogenated alkanes) is 36. The maximum Gasteiger partial charge on any atom is 0.305 e. The Bertz CT molecular complexity index is 935. The minimum Gasteiger partial charge on any atom is -0.466 e. The van der Waals surface area contributed by atoms with E-state index < -0.39 is 12.1 Å². The summed E-state index contributed by atoms with van der Waals surface area (Å²) in [6.07, 6.45) is 58.9. The molecule has 6 heteroatoms. The summed E-state index contributed by atoms with van der Waals surface area (Å²) >= 11 is 0. The van der Waals surface area contributed by atoms with Crippen LogP contribution in [0.4, 0.5) is 0 Å². The van der Waals surface area contributed by atoms with Crippen molar-refractivity contribution in [2.24, 2.45) is 0 Å². The Morgan fingerprint density at radius 2 is 0.783 bits per heavy atom. The summed E-state index contributed by atoms with van der Waals surface area (Å²) in [4.78, 5) is 24.4. The second-order valence-corrected chi connectivity index (χ2v) is 18.2. The van der Waals surface area contributed by atoms with E-state index in [1.165, 1.54) is 199 Å². The van der Waals surface area contributed by atoms with Crippen LogP contribution in [0.2, 0.25) is 0 Å². The molecule has 0 bridgehead atoms. The maximum atomic E-state index is 12.4. The molecule has 0 fully saturated rings. The molecular weight excluding hydrogens is 743 g/mol. The molecule has 3 N–H and O–H groups in total. The first-order valence-corrected chi connectivity index (χ1v) is 26.6. The van der Waals surface area contributed by atoms with Crippen molar-refractivity contribution in [1.29, 1.82) is 0 Å². The van der Waals surface area contributed by atoms with Gasteiger partial charge in [0, 0.05) is 12.8 Å². The van der Waals surface area contributed by atoms with E-state index in [1.807, 2.05) is 6.08 Å². The molecule has 2 atom stereocenters. The minimum atomic E-state index is -0.851. The van der Waals surface area contributed by atoms with Crippen LogP contribution in [0.25, 0.3) is 0 Å². The van der Waals surface area contributed by atoms with E-state index >= 15 is 0 Å². The predicted molar refractivity (Wildman–Crippen MR) is 260 cm³/mol. The SMILES string of the molecule is CCCCCC/C=C\CCCCCCCC(=O)OCCCCCCCCCCCCCCCCC(=O)NC(CO)C(O)/C=C/CCCCCCCCCCCCCCCC. The van der Waals surface area contributed by atoms with Crippen LogP contribution < -0.4 is 5.32 Å². The molecule has 0 aliphatic heterocycles. The van der Waals surface area contributed by atoms with Gasteiger partial charge in [0.2, 0.25) is 5.91 Å². The van der Waals surface area contributed by atoms with Crippen LogP contribution >= 0.6 is 0 Å². The van der Waals surface area contributed by atoms with Crippen LogP contribution in [0.3, 0.4) is 0 Å². The second kappa shape index (κ2) is 50.0. The van der Waals surface area contributed by atoms with E-state index in [4.69, 9.17) is 4.74 Å². The summed E-state index contributed by atoms with van der Waals surface area (Å²) in [7, 11) is 0. The van der Waals surface area contributed by atoms with Gasteiger partial charge in [0.25, 0.3) is 0 Å². The lowest BCUT2D eigenvalue weighted by Gasteiger charge is -2.20. The zero-order chi connectivity index (χ0) is 43.7. The molecular formula is C54H103NO5. The van der Waals surface area contributed by atoms with Gasteiger partial charge in [-0.2, -0.15) is 0 Å². The number of aliphatic hydroxyl groups is 2. The van der Waals surface area contributed by atoms with Crippen molar-refractivity contribution in [3.8, 4) is 0 Å². The van der Waals surface area contributed by atoms with Crippen molar-refractivity contribution in [3.63, 3.8) is 0 Å². The molecule has 0 aliphatic rings. The molecule has 0 saturated heterocycles. The number of hydrogen-bond acceptors (Lipinski definition) is 5. The Morgan fingerprint density at radius 3 is 1.20 bits per heavy atom. The molecule has 0 radical (unpaired) electrons. The third-order valence-corrected chi connectivity index (χ3v) is 12.2. The molecule has 0 heterocycles. The third kappa shape index (κ3) is 45.9. The van der Waals surface area contributed by atoms with E-state index in [0.717, 1.165) is 57.8 Å². The van der Waals surface area contributed by atoms with Gasteiger partial charge in [-0.3, -0.25) is 9.59 Å². The Kier molecular flexibility index (Phi) is 48.6. The van der Waals surface area contributed by atoms with Crippen LogP contribution in [-0.4, -0.2) is 47.4 Å². The summed E-state index contributed by atoms with van der Waals surface area (Å²) in [5, 5.41) is 23.1. The molecule has 0 saturated carbocycles. The first-order valence-electron chi connectivity index (χ1n) is 26.6. The number of hydrogen-bond donors (Lipinski definition) is 3. The highest BCUT2D eigenvalue weighted by Crippen LogP contribution is 2.16. The number of aliphatic hydroxyl groups excluding tert-OH is 2. The zero-order valence-electron chi connectivity index (χ0n) is 40.2. The average Bonchev–Trinajstić information content (AvgIpc) is 3.25. The number of carbonyl (C=O) groups is 2. The first kappa shape index (κ1) is 58.3. The van der Waals surface area contributed by atoms with Crippen LogP contribution in [0.5, 0.6) is 0 Å². The summed E-state index contributed by atoms with van der Waals surface area (Å²) < 4.78 is 5.45. The number of amides is 1. The molecule has 0 aromatic heterocycles. The quantitative estimate of drug-likeness (QED) is 0.0322. The Balaban J connectivity index is 3.48. The summed E-state index contributed by atoms with van der Waals surface area (Å²) in [6.45, 7) is 4.87.